The first kappa shape index (κ1) is 36.0. The molecule has 1 aromatic heterocycles. The van der Waals surface area contributed by atoms with E-state index in [9.17, 15) is 27.6 Å². The van der Waals surface area contributed by atoms with Gasteiger partial charge < -0.3 is 19.7 Å². The first-order valence-corrected chi connectivity index (χ1v) is 21.1. The van der Waals surface area contributed by atoms with Gasteiger partial charge >= 0.3 is 5.97 Å². The van der Waals surface area contributed by atoms with Crippen molar-refractivity contribution in [2.24, 2.45) is 23.7 Å². The zero-order valence-electron chi connectivity index (χ0n) is 30.2. The van der Waals surface area contributed by atoms with E-state index >= 15 is 0 Å². The van der Waals surface area contributed by atoms with E-state index < -0.39 is 56.6 Å². The van der Waals surface area contributed by atoms with Gasteiger partial charge in [-0.1, -0.05) is 31.1 Å². The molecule has 0 spiro atoms. The molecule has 1 aromatic carbocycles. The Bertz CT molecular complexity index is 1910. The van der Waals surface area contributed by atoms with Gasteiger partial charge in [0.1, 0.15) is 23.8 Å². The molecule has 4 bridgehead atoms. The monoisotopic (exact) mass is 746 g/mol. The van der Waals surface area contributed by atoms with Gasteiger partial charge in [-0.05, 0) is 106 Å². The van der Waals surface area contributed by atoms with Crippen LogP contribution >= 0.6 is 0 Å². The number of nitrogens with one attached hydrogen (secondary N) is 2. The SMILES string of the molecule is C=C[C@@H]1C[C@]1(NC(=O)[C@@H]1C[C@@H]2CN1C(=O)[C@H](C1CCCC1)CC(=O)O[C@@H]1CCC[C@H]1CCCc1ccc3ccnc(c3c1)O2)C(=O)NS(=O)(=O)C1CC1. The lowest BCUT2D eigenvalue weighted by Gasteiger charge is -2.32. The molecule has 7 atom stereocenters. The third kappa shape index (κ3) is 7.29. The van der Waals surface area contributed by atoms with Crippen molar-refractivity contribution in [3.05, 3.63) is 48.7 Å². The van der Waals surface area contributed by atoms with Gasteiger partial charge in [0.2, 0.25) is 27.7 Å². The molecule has 2 aliphatic heterocycles. The number of aryl methyl sites for hydroxylation is 1. The highest BCUT2D eigenvalue weighted by atomic mass is 32.2. The second-order valence-electron chi connectivity index (χ2n) is 16.3. The molecule has 8 rings (SSSR count). The number of esters is 1. The predicted molar refractivity (Wildman–Crippen MR) is 196 cm³/mol. The van der Waals surface area contributed by atoms with E-state index in [0.29, 0.717) is 18.7 Å². The van der Waals surface area contributed by atoms with Crippen LogP contribution in [0.2, 0.25) is 0 Å². The van der Waals surface area contributed by atoms with E-state index in [4.69, 9.17) is 9.47 Å². The number of pyridine rings is 1. The van der Waals surface area contributed by atoms with Gasteiger partial charge in [0, 0.05) is 23.9 Å². The molecule has 4 saturated carbocycles. The van der Waals surface area contributed by atoms with Crippen LogP contribution in [0.5, 0.6) is 5.88 Å². The molecule has 6 aliphatic rings. The van der Waals surface area contributed by atoms with Gasteiger partial charge in [-0.2, -0.15) is 0 Å². The van der Waals surface area contributed by atoms with Crippen LogP contribution in [-0.4, -0.2) is 77.6 Å². The molecule has 0 radical (unpaired) electrons. The van der Waals surface area contributed by atoms with Gasteiger partial charge in [-0.15, -0.1) is 6.58 Å². The number of hydrogen-bond acceptors (Lipinski definition) is 9. The molecule has 53 heavy (non-hydrogen) atoms. The summed E-state index contributed by atoms with van der Waals surface area (Å²) in [6.07, 6.45) is 12.8. The lowest BCUT2D eigenvalue weighted by Crippen LogP contribution is -2.57. The Morgan fingerprint density at radius 2 is 1.74 bits per heavy atom. The van der Waals surface area contributed by atoms with E-state index in [1.165, 1.54) is 4.90 Å². The highest BCUT2D eigenvalue weighted by molar-refractivity contribution is 7.91. The molecule has 3 heterocycles. The number of hydrogen-bond donors (Lipinski definition) is 2. The predicted octanol–water partition coefficient (Wildman–Crippen LogP) is 4.50. The number of aromatic nitrogens is 1. The first-order chi connectivity index (χ1) is 25.5. The van der Waals surface area contributed by atoms with Gasteiger partial charge in [0.15, 0.2) is 0 Å². The van der Waals surface area contributed by atoms with E-state index in [0.717, 1.165) is 80.5 Å². The van der Waals surface area contributed by atoms with E-state index in [-0.39, 0.29) is 55.6 Å². The second kappa shape index (κ2) is 14.3. The third-order valence-corrected chi connectivity index (χ3v) is 14.6. The fourth-order valence-electron chi connectivity index (χ4n) is 9.47. The minimum atomic E-state index is -3.87. The Morgan fingerprint density at radius 1 is 0.962 bits per heavy atom. The average molecular weight is 747 g/mol. The summed E-state index contributed by atoms with van der Waals surface area (Å²) in [5.41, 5.74) is -0.350. The molecular weight excluding hydrogens is 697 g/mol. The number of carbonyl (C=O) groups is 4. The highest BCUT2D eigenvalue weighted by Gasteiger charge is 2.62. The fraction of sp³-hybridized carbons (Fsp3) is 0.625. The quantitative estimate of drug-likeness (QED) is 0.307. The lowest BCUT2D eigenvalue weighted by atomic mass is 9.86. The number of ether oxygens (including phenoxy) is 2. The largest absolute Gasteiger partial charge is 0.472 e. The maximum atomic E-state index is 14.8. The maximum Gasteiger partial charge on any atom is 0.306 e. The molecule has 12 nitrogen and oxygen atoms in total. The summed E-state index contributed by atoms with van der Waals surface area (Å²) in [5.74, 6) is -2.52. The number of nitrogens with zero attached hydrogens (tertiary/aromatic N) is 2. The zero-order chi connectivity index (χ0) is 36.9. The van der Waals surface area contributed by atoms with Crippen molar-refractivity contribution in [2.45, 2.75) is 125 Å². The summed E-state index contributed by atoms with van der Waals surface area (Å²) in [6.45, 7) is 3.89. The highest BCUT2D eigenvalue weighted by Crippen LogP contribution is 2.46. The summed E-state index contributed by atoms with van der Waals surface area (Å²) in [6, 6.07) is 7.18. The molecule has 2 N–H and O–H groups in total. The molecular formula is C40H50N4O8S. The van der Waals surface area contributed by atoms with Crippen molar-refractivity contribution in [1.29, 1.82) is 0 Å². The minimum Gasteiger partial charge on any atom is -0.472 e. The van der Waals surface area contributed by atoms with Crippen LogP contribution in [0.4, 0.5) is 0 Å². The van der Waals surface area contributed by atoms with Crippen LogP contribution in [0.3, 0.4) is 0 Å². The minimum absolute atomic E-state index is 0.0276. The molecule has 13 heteroatoms. The van der Waals surface area contributed by atoms with E-state index in [2.05, 4.69) is 39.8 Å². The normalized spacial score (nSPS) is 32.3. The smallest absolute Gasteiger partial charge is 0.306 e. The van der Waals surface area contributed by atoms with E-state index in [1.54, 1.807) is 12.3 Å². The van der Waals surface area contributed by atoms with E-state index in [1.807, 2.05) is 6.07 Å². The van der Waals surface area contributed by atoms with Crippen molar-refractivity contribution in [3.63, 3.8) is 0 Å². The molecule has 3 amide bonds. The topological polar surface area (TPSA) is 161 Å². The zero-order valence-corrected chi connectivity index (χ0v) is 31.0. The Labute approximate surface area is 310 Å². The molecule has 5 fully saturated rings. The average Bonchev–Trinajstić information content (AvgIpc) is 3.93. The van der Waals surface area contributed by atoms with Crippen LogP contribution in [0, 0.1) is 23.7 Å². The molecule has 1 saturated heterocycles. The van der Waals surface area contributed by atoms with Gasteiger partial charge in [0.05, 0.1) is 24.1 Å². The second-order valence-corrected chi connectivity index (χ2v) is 18.3. The number of rotatable bonds is 7. The standard InChI is InChI=1S/C40H50N4O8S/c1-2-28-22-40(28,39(48)43-53(49,50)30-15-16-30)42-36(46)33-20-29-23-44(33)38(47)32(25-8-3-4-9-25)21-35(45)52-34-12-6-11-27(34)10-5-7-24-13-14-26-17-18-41-37(51-29)31(26)19-24/h2,13-14,17-19,25,27-30,32-34H,1,3-12,15-16,20-23H2,(H,42,46)(H,43,48)/t27-,28-,29-,32+,33+,34-,40-/m1/s1. The first-order valence-electron chi connectivity index (χ1n) is 19.6. The van der Waals surface area contributed by atoms with Crippen LogP contribution in [-0.2, 0) is 40.4 Å². The Balaban J connectivity index is 1.12. The van der Waals surface area contributed by atoms with Crippen LogP contribution in [0.1, 0.15) is 95.5 Å². The third-order valence-electron chi connectivity index (χ3n) is 12.8. The summed E-state index contributed by atoms with van der Waals surface area (Å²) in [5, 5.41) is 4.08. The number of amides is 3. The summed E-state index contributed by atoms with van der Waals surface area (Å²) in [7, 11) is -3.87. The fourth-order valence-corrected chi connectivity index (χ4v) is 10.8. The van der Waals surface area contributed by atoms with Crippen LogP contribution in [0.25, 0.3) is 10.8 Å². The van der Waals surface area contributed by atoms with Crippen molar-refractivity contribution in [2.75, 3.05) is 6.54 Å². The van der Waals surface area contributed by atoms with Gasteiger partial charge in [-0.25, -0.2) is 13.4 Å². The van der Waals surface area contributed by atoms with Gasteiger partial charge in [0.25, 0.3) is 5.91 Å². The van der Waals surface area contributed by atoms with Crippen molar-refractivity contribution < 1.29 is 37.1 Å². The summed E-state index contributed by atoms with van der Waals surface area (Å²) in [4.78, 5) is 62.5. The van der Waals surface area contributed by atoms with Gasteiger partial charge in [-0.3, -0.25) is 23.9 Å². The molecule has 0 unspecified atom stereocenters. The van der Waals surface area contributed by atoms with Crippen LogP contribution in [0.15, 0.2) is 43.1 Å². The van der Waals surface area contributed by atoms with Crippen molar-refractivity contribution in [1.82, 2.24) is 19.9 Å². The molecule has 2 aromatic rings. The summed E-state index contributed by atoms with van der Waals surface area (Å²) < 4.78 is 40.4. The van der Waals surface area contributed by atoms with Crippen molar-refractivity contribution in [3.8, 4) is 5.88 Å². The van der Waals surface area contributed by atoms with Crippen LogP contribution < -0.4 is 14.8 Å². The Kier molecular flexibility index (Phi) is 9.74. The lowest BCUT2D eigenvalue weighted by molar-refractivity contribution is -0.156. The maximum absolute atomic E-state index is 14.8. The molecule has 4 aliphatic carbocycles. The number of sulfonamides is 1. The molecule has 284 valence electrons. The number of benzene rings is 1. The van der Waals surface area contributed by atoms with Crippen molar-refractivity contribution >= 4 is 44.5 Å². The number of carbonyl (C=O) groups excluding carboxylic acids is 4. The Morgan fingerprint density at radius 3 is 2.49 bits per heavy atom. The summed E-state index contributed by atoms with van der Waals surface area (Å²) >= 11 is 0. The number of fused-ring (bicyclic) bond motifs is 4. The Hall–Kier alpha value is -4.00.